The van der Waals surface area contributed by atoms with Crippen molar-refractivity contribution in [3.63, 3.8) is 0 Å². The molecule has 0 aliphatic carbocycles. The largest absolute Gasteiger partial charge is 0.486 e. The Labute approximate surface area is 206 Å². The van der Waals surface area contributed by atoms with E-state index in [2.05, 4.69) is 10.5 Å². The highest BCUT2D eigenvalue weighted by molar-refractivity contribution is 7.91. The van der Waals surface area contributed by atoms with Gasteiger partial charge in [-0.25, -0.2) is 8.42 Å². The van der Waals surface area contributed by atoms with Gasteiger partial charge in [-0.1, -0.05) is 28.9 Å². The number of fused-ring (bicyclic) bond motifs is 1. The van der Waals surface area contributed by atoms with Crippen molar-refractivity contribution in [2.24, 2.45) is 5.16 Å². The lowest BCUT2D eigenvalue weighted by atomic mass is 9.87. The Morgan fingerprint density at radius 1 is 1.21 bits per heavy atom. The molecule has 4 heterocycles. The fourth-order valence-electron chi connectivity index (χ4n) is 4.40. The van der Waals surface area contributed by atoms with E-state index < -0.39 is 15.6 Å². The van der Waals surface area contributed by atoms with E-state index in [1.54, 1.807) is 6.07 Å². The van der Waals surface area contributed by atoms with Crippen LogP contribution < -0.4 is 14.8 Å². The first-order chi connectivity index (χ1) is 16.3. The number of carbonyl (C=O) groups excluding carboxylic acids is 1. The van der Waals surface area contributed by atoms with Gasteiger partial charge >= 0.3 is 0 Å². The number of ether oxygens (including phenoxy) is 2. The Hall–Kier alpha value is -2.34. The molecule has 1 saturated heterocycles. The van der Waals surface area contributed by atoms with Gasteiger partial charge in [0.2, 0.25) is 0 Å². The molecule has 3 aliphatic heterocycles. The average molecular weight is 526 g/mol. The summed E-state index contributed by atoms with van der Waals surface area (Å²) in [5.41, 5.74) is 0.458. The average Bonchev–Trinajstić information content (AvgIpc) is 3.46. The molecule has 1 fully saturated rings. The van der Waals surface area contributed by atoms with Crippen molar-refractivity contribution in [3.05, 3.63) is 40.2 Å². The Bertz CT molecular complexity index is 1240. The van der Waals surface area contributed by atoms with Crippen LogP contribution >= 0.6 is 22.9 Å². The third kappa shape index (κ3) is 4.37. The first-order valence-electron chi connectivity index (χ1n) is 11.0. The number of carbonyl (C=O) groups is 1. The van der Waals surface area contributed by atoms with E-state index in [0.717, 1.165) is 16.9 Å². The maximum Gasteiger partial charge on any atom is 0.269 e. The van der Waals surface area contributed by atoms with Crippen LogP contribution in [0.5, 0.6) is 11.5 Å². The molecule has 12 heteroatoms. The quantitative estimate of drug-likeness (QED) is 0.641. The van der Waals surface area contributed by atoms with Crippen LogP contribution in [-0.4, -0.2) is 56.2 Å². The molecular formula is C22H24ClN3O6S2. The van der Waals surface area contributed by atoms with Gasteiger partial charge in [0.05, 0.1) is 10.4 Å². The Morgan fingerprint density at radius 3 is 2.71 bits per heavy atom. The molecule has 3 aliphatic rings. The number of benzene rings is 1. The lowest BCUT2D eigenvalue weighted by Gasteiger charge is -2.36. The van der Waals surface area contributed by atoms with E-state index >= 15 is 0 Å². The van der Waals surface area contributed by atoms with E-state index in [0.29, 0.717) is 54.0 Å². The Kier molecular flexibility index (Phi) is 6.21. The monoisotopic (exact) mass is 525 g/mol. The number of thiophene rings is 1. The van der Waals surface area contributed by atoms with Crippen LogP contribution in [0.1, 0.15) is 37.8 Å². The van der Waals surface area contributed by atoms with Crippen molar-refractivity contribution < 1.29 is 27.5 Å². The molecule has 1 atom stereocenters. The Morgan fingerprint density at radius 2 is 1.97 bits per heavy atom. The van der Waals surface area contributed by atoms with Gasteiger partial charge in [-0.15, -0.1) is 11.3 Å². The van der Waals surface area contributed by atoms with E-state index in [1.807, 2.05) is 25.1 Å². The van der Waals surface area contributed by atoms with Gasteiger partial charge < -0.3 is 19.6 Å². The number of amides is 1. The number of rotatable bonds is 5. The third-order valence-corrected chi connectivity index (χ3v) is 9.89. The second-order valence-electron chi connectivity index (χ2n) is 8.52. The number of para-hydroxylation sites is 1. The highest BCUT2D eigenvalue weighted by atomic mass is 35.5. The van der Waals surface area contributed by atoms with Gasteiger partial charge in [0.25, 0.3) is 15.9 Å². The molecule has 1 aromatic carbocycles. The standard InChI is InChI=1S/C22H24ClN3O6S2/c1-14(15-3-2-4-17-20(15)31-12-11-30-17)24-21(27)16-13-22(32-25-16)7-9-26(10-8-22)34(28,29)19-6-5-18(23)33-19/h2-6,14H,7-13H2,1H3,(H,24,27). The summed E-state index contributed by atoms with van der Waals surface area (Å²) >= 11 is 6.95. The third-order valence-electron chi connectivity index (χ3n) is 6.29. The predicted octanol–water partition coefficient (Wildman–Crippen LogP) is 3.35. The van der Waals surface area contributed by atoms with Gasteiger partial charge in [-0.3, -0.25) is 4.79 Å². The Balaban J connectivity index is 1.20. The minimum absolute atomic E-state index is 0.226. The van der Waals surface area contributed by atoms with Gasteiger partial charge in [-0.2, -0.15) is 4.31 Å². The molecule has 9 nitrogen and oxygen atoms in total. The van der Waals surface area contributed by atoms with Gasteiger partial charge in [0, 0.05) is 37.9 Å². The topological polar surface area (TPSA) is 107 Å². The van der Waals surface area contributed by atoms with Crippen LogP contribution in [0.2, 0.25) is 4.34 Å². The smallest absolute Gasteiger partial charge is 0.269 e. The van der Waals surface area contributed by atoms with E-state index in [1.165, 1.54) is 10.4 Å². The van der Waals surface area contributed by atoms with Crippen LogP contribution in [0.3, 0.4) is 0 Å². The van der Waals surface area contributed by atoms with Crippen molar-refractivity contribution >= 4 is 44.6 Å². The van der Waals surface area contributed by atoms with E-state index in [-0.39, 0.29) is 29.2 Å². The molecule has 1 unspecified atom stereocenters. The first-order valence-corrected chi connectivity index (χ1v) is 13.6. The molecule has 1 aromatic heterocycles. The summed E-state index contributed by atoms with van der Waals surface area (Å²) in [4.78, 5) is 18.6. The number of sulfonamides is 1. The first kappa shape index (κ1) is 23.4. The van der Waals surface area contributed by atoms with Crippen molar-refractivity contribution in [2.75, 3.05) is 26.3 Å². The second-order valence-corrected chi connectivity index (χ2v) is 12.4. The molecular weight excluding hydrogens is 502 g/mol. The number of hydrogen-bond acceptors (Lipinski definition) is 8. The molecule has 182 valence electrons. The summed E-state index contributed by atoms with van der Waals surface area (Å²) in [5, 5.41) is 7.03. The maximum atomic E-state index is 12.9. The molecule has 5 rings (SSSR count). The van der Waals surface area contributed by atoms with Crippen LogP contribution in [0.25, 0.3) is 0 Å². The van der Waals surface area contributed by atoms with Gasteiger partial charge in [0.1, 0.15) is 28.7 Å². The highest BCUT2D eigenvalue weighted by Crippen LogP contribution is 2.39. The summed E-state index contributed by atoms with van der Waals surface area (Å²) in [6.07, 6.45) is 1.22. The number of nitrogens with zero attached hydrogens (tertiary/aromatic N) is 2. The summed E-state index contributed by atoms with van der Waals surface area (Å²) < 4.78 is 39.2. The minimum Gasteiger partial charge on any atom is -0.486 e. The molecule has 2 aromatic rings. The van der Waals surface area contributed by atoms with E-state index in [4.69, 9.17) is 25.9 Å². The minimum atomic E-state index is -3.60. The molecule has 1 amide bonds. The number of nitrogens with one attached hydrogen (secondary N) is 1. The predicted molar refractivity (Wildman–Crippen MR) is 127 cm³/mol. The van der Waals surface area contributed by atoms with Crippen LogP contribution in [0, 0.1) is 0 Å². The molecule has 1 spiro atoms. The van der Waals surface area contributed by atoms with Gasteiger partial charge in [0.15, 0.2) is 11.5 Å². The van der Waals surface area contributed by atoms with Gasteiger partial charge in [-0.05, 0) is 25.1 Å². The lowest BCUT2D eigenvalue weighted by Crippen LogP contribution is -2.47. The zero-order chi connectivity index (χ0) is 23.9. The van der Waals surface area contributed by atoms with Crippen molar-refractivity contribution in [3.8, 4) is 11.5 Å². The summed E-state index contributed by atoms with van der Waals surface area (Å²) in [6.45, 7) is 3.39. The molecule has 1 N–H and O–H groups in total. The summed E-state index contributed by atoms with van der Waals surface area (Å²) in [6, 6.07) is 8.37. The molecule has 0 bridgehead atoms. The SMILES string of the molecule is CC(NC(=O)C1=NOC2(CCN(S(=O)(=O)c3ccc(Cl)s3)CC2)C1)c1cccc2c1OCCO2. The zero-order valence-electron chi connectivity index (χ0n) is 18.5. The van der Waals surface area contributed by atoms with Crippen molar-refractivity contribution in [2.45, 2.75) is 42.0 Å². The number of hydrogen-bond donors (Lipinski definition) is 1. The second kappa shape index (κ2) is 9.03. The molecule has 34 heavy (non-hydrogen) atoms. The fourth-order valence-corrected chi connectivity index (χ4v) is 7.48. The zero-order valence-corrected chi connectivity index (χ0v) is 20.8. The number of oxime groups is 1. The molecule has 0 saturated carbocycles. The number of halogens is 1. The lowest BCUT2D eigenvalue weighted by molar-refractivity contribution is -0.115. The van der Waals surface area contributed by atoms with Crippen LogP contribution in [-0.2, 0) is 19.7 Å². The number of piperidine rings is 1. The molecule has 0 radical (unpaired) electrons. The van der Waals surface area contributed by atoms with E-state index in [9.17, 15) is 13.2 Å². The summed E-state index contributed by atoms with van der Waals surface area (Å²) in [7, 11) is -3.60. The normalized spacial score (nSPS) is 20.5. The van der Waals surface area contributed by atoms with Crippen molar-refractivity contribution in [1.29, 1.82) is 0 Å². The highest BCUT2D eigenvalue weighted by Gasteiger charge is 2.46. The van der Waals surface area contributed by atoms with Crippen molar-refractivity contribution in [1.82, 2.24) is 9.62 Å². The van der Waals surface area contributed by atoms with Crippen LogP contribution in [0.4, 0.5) is 0 Å². The maximum absolute atomic E-state index is 12.9. The summed E-state index contributed by atoms with van der Waals surface area (Å²) in [5.74, 6) is 0.988. The van der Waals surface area contributed by atoms with Crippen LogP contribution in [0.15, 0.2) is 39.7 Å². The fraction of sp³-hybridized carbons (Fsp3) is 0.455.